The molecule has 8 heteroatoms. The Morgan fingerprint density at radius 3 is 2.27 bits per heavy atom. The van der Waals surface area contributed by atoms with Crippen molar-refractivity contribution >= 4 is 12.0 Å². The fraction of sp³-hybridized carbons (Fsp3) is 0.857. The highest BCUT2D eigenvalue weighted by Crippen LogP contribution is 2.28. The van der Waals surface area contributed by atoms with Gasteiger partial charge >= 0.3 is 18.2 Å². The van der Waals surface area contributed by atoms with Gasteiger partial charge in [0.2, 0.25) is 0 Å². The minimum absolute atomic E-state index is 0.247. The van der Waals surface area contributed by atoms with Crippen LogP contribution in [-0.2, 0) is 9.53 Å². The molecule has 128 valence electrons. The second-order valence-corrected chi connectivity index (χ2v) is 5.64. The number of hydrogen-bond donors (Lipinski definition) is 1. The van der Waals surface area contributed by atoms with E-state index in [0.717, 1.165) is 0 Å². The van der Waals surface area contributed by atoms with Crippen molar-refractivity contribution in [3.8, 4) is 0 Å². The Balaban J connectivity index is 2.60. The van der Waals surface area contributed by atoms with Crippen molar-refractivity contribution in [1.82, 2.24) is 10.2 Å². The number of ether oxygens (including phenoxy) is 1. The number of hydrogen-bond acceptors (Lipinski definition) is 3. The monoisotopic (exact) mass is 324 g/mol. The fourth-order valence-corrected chi connectivity index (χ4v) is 2.49. The lowest BCUT2D eigenvalue weighted by Gasteiger charge is -2.34. The molecule has 0 aromatic carbocycles. The lowest BCUT2D eigenvalue weighted by molar-refractivity contribution is -0.164. The number of urea groups is 1. The van der Waals surface area contributed by atoms with Gasteiger partial charge in [-0.3, -0.25) is 4.79 Å². The summed E-state index contributed by atoms with van der Waals surface area (Å²) in [5, 5.41) is 2.08. The molecule has 1 aliphatic heterocycles. The predicted octanol–water partition coefficient (Wildman–Crippen LogP) is 2.56. The van der Waals surface area contributed by atoms with Crippen LogP contribution < -0.4 is 5.32 Å². The first-order valence-corrected chi connectivity index (χ1v) is 7.40. The third-order valence-corrected chi connectivity index (χ3v) is 4.16. The number of carbonyl (C=O) groups is 2. The van der Waals surface area contributed by atoms with Gasteiger partial charge in [-0.1, -0.05) is 20.3 Å². The summed E-state index contributed by atoms with van der Waals surface area (Å²) in [5.74, 6) is -1.33. The lowest BCUT2D eigenvalue weighted by Crippen LogP contribution is -2.55. The van der Waals surface area contributed by atoms with Gasteiger partial charge in [0.05, 0.1) is 13.0 Å². The quantitative estimate of drug-likeness (QED) is 0.809. The molecule has 0 aromatic heterocycles. The first-order chi connectivity index (χ1) is 10.2. The van der Waals surface area contributed by atoms with Crippen LogP contribution in [0, 0.1) is 11.8 Å². The van der Waals surface area contributed by atoms with Gasteiger partial charge in [-0.2, -0.15) is 13.2 Å². The first-order valence-electron chi connectivity index (χ1n) is 7.40. The Morgan fingerprint density at radius 1 is 1.32 bits per heavy atom. The molecule has 0 aliphatic carbocycles. The molecule has 1 fully saturated rings. The zero-order chi connectivity index (χ0) is 16.9. The molecule has 2 atom stereocenters. The van der Waals surface area contributed by atoms with E-state index < -0.39 is 24.2 Å². The number of halogens is 3. The number of piperidine rings is 1. The maximum absolute atomic E-state index is 13.0. The number of esters is 1. The van der Waals surface area contributed by atoms with Gasteiger partial charge in [-0.05, 0) is 18.8 Å². The van der Waals surface area contributed by atoms with Crippen LogP contribution in [0.3, 0.4) is 0 Å². The molecule has 0 bridgehead atoms. The number of likely N-dealkylation sites (tertiary alicyclic amines) is 1. The van der Waals surface area contributed by atoms with Gasteiger partial charge in [0.1, 0.15) is 6.04 Å². The van der Waals surface area contributed by atoms with Gasteiger partial charge in [-0.25, -0.2) is 4.79 Å². The second-order valence-electron chi connectivity index (χ2n) is 5.64. The van der Waals surface area contributed by atoms with Crippen LogP contribution in [0.15, 0.2) is 0 Å². The Bertz CT molecular complexity index is 393. The van der Waals surface area contributed by atoms with Crippen molar-refractivity contribution in [3.05, 3.63) is 0 Å². The molecule has 0 spiro atoms. The van der Waals surface area contributed by atoms with E-state index in [1.807, 2.05) is 0 Å². The molecule has 22 heavy (non-hydrogen) atoms. The molecular formula is C14H23F3N2O3. The van der Waals surface area contributed by atoms with Crippen LogP contribution in [-0.4, -0.2) is 49.3 Å². The summed E-state index contributed by atoms with van der Waals surface area (Å²) in [7, 11) is 1.29. The van der Waals surface area contributed by atoms with E-state index in [1.165, 1.54) is 18.9 Å². The Hall–Kier alpha value is -1.47. The molecule has 2 amide bonds. The third kappa shape index (κ3) is 4.78. The molecule has 1 aliphatic rings. The first kappa shape index (κ1) is 18.6. The van der Waals surface area contributed by atoms with Gasteiger partial charge < -0.3 is 15.0 Å². The van der Waals surface area contributed by atoms with Crippen LogP contribution in [0.25, 0.3) is 0 Å². The maximum Gasteiger partial charge on any atom is 0.408 e. The zero-order valence-electron chi connectivity index (χ0n) is 13.1. The maximum atomic E-state index is 13.0. The average Bonchev–Trinajstić information content (AvgIpc) is 2.49. The van der Waals surface area contributed by atoms with Crippen LogP contribution in [0.2, 0.25) is 0 Å². The zero-order valence-corrected chi connectivity index (χ0v) is 13.1. The predicted molar refractivity (Wildman–Crippen MR) is 74.1 cm³/mol. The smallest absolute Gasteiger partial charge is 0.408 e. The van der Waals surface area contributed by atoms with Crippen LogP contribution >= 0.6 is 0 Å². The number of alkyl halides is 3. The number of carbonyl (C=O) groups excluding carboxylic acids is 2. The topological polar surface area (TPSA) is 58.6 Å². The molecule has 1 saturated heterocycles. The summed E-state index contributed by atoms with van der Waals surface area (Å²) >= 11 is 0. The summed E-state index contributed by atoms with van der Waals surface area (Å²) in [4.78, 5) is 24.7. The van der Waals surface area contributed by atoms with Crippen molar-refractivity contribution in [2.24, 2.45) is 11.8 Å². The molecule has 0 unspecified atom stereocenters. The van der Waals surface area contributed by atoms with Crippen LogP contribution in [0.4, 0.5) is 18.0 Å². The normalized spacial score (nSPS) is 19.5. The highest BCUT2D eigenvalue weighted by atomic mass is 19.4. The van der Waals surface area contributed by atoms with Crippen molar-refractivity contribution in [2.45, 2.75) is 45.3 Å². The molecule has 0 aromatic rings. The molecule has 1 N–H and O–H groups in total. The van der Waals surface area contributed by atoms with E-state index in [0.29, 0.717) is 19.3 Å². The molecule has 0 radical (unpaired) electrons. The number of nitrogens with zero attached hydrogens (tertiary/aromatic N) is 1. The minimum atomic E-state index is -4.48. The Morgan fingerprint density at radius 2 is 1.86 bits per heavy atom. The molecule has 1 rings (SSSR count). The minimum Gasteiger partial charge on any atom is -0.469 e. The Labute approximate surface area is 128 Å². The van der Waals surface area contributed by atoms with Crippen molar-refractivity contribution in [3.63, 3.8) is 0 Å². The van der Waals surface area contributed by atoms with E-state index in [1.54, 1.807) is 6.92 Å². The number of methoxy groups -OCH3 is 1. The summed E-state index contributed by atoms with van der Waals surface area (Å²) < 4.78 is 43.6. The van der Waals surface area contributed by atoms with Gasteiger partial charge in [0.15, 0.2) is 0 Å². The van der Waals surface area contributed by atoms with Crippen molar-refractivity contribution in [2.75, 3.05) is 20.2 Å². The lowest BCUT2D eigenvalue weighted by atomic mass is 9.97. The standard InChI is InChI=1S/C14H23F3N2O3/c1-4-9(2)11(14(15,16)17)18-13(21)19-7-5-10(6-8-19)12(20)22-3/h9-11H,4-8H2,1-3H3,(H,18,21)/t9-,11-/m0/s1. The van der Waals surface area contributed by atoms with E-state index in [-0.39, 0.29) is 25.0 Å². The molecule has 0 saturated carbocycles. The van der Waals surface area contributed by atoms with Gasteiger partial charge in [-0.15, -0.1) is 0 Å². The highest BCUT2D eigenvalue weighted by molar-refractivity contribution is 5.76. The third-order valence-electron chi connectivity index (χ3n) is 4.16. The number of nitrogens with one attached hydrogen (secondary N) is 1. The SMILES string of the molecule is CC[C@H](C)[C@H](NC(=O)N1CCC(C(=O)OC)CC1)C(F)(F)F. The molecule has 5 nitrogen and oxygen atoms in total. The van der Waals surface area contributed by atoms with E-state index in [4.69, 9.17) is 0 Å². The van der Waals surface area contributed by atoms with E-state index >= 15 is 0 Å². The average molecular weight is 324 g/mol. The second kappa shape index (κ2) is 7.69. The Kier molecular flexibility index (Phi) is 6.49. The van der Waals surface area contributed by atoms with E-state index in [9.17, 15) is 22.8 Å². The summed E-state index contributed by atoms with van der Waals surface area (Å²) in [6.45, 7) is 3.60. The number of rotatable bonds is 4. The summed E-state index contributed by atoms with van der Waals surface area (Å²) in [5.41, 5.74) is 0. The van der Waals surface area contributed by atoms with E-state index in [2.05, 4.69) is 10.1 Å². The highest BCUT2D eigenvalue weighted by Gasteiger charge is 2.44. The van der Waals surface area contributed by atoms with Gasteiger partial charge in [0.25, 0.3) is 0 Å². The fourth-order valence-electron chi connectivity index (χ4n) is 2.49. The largest absolute Gasteiger partial charge is 0.469 e. The molecule has 1 heterocycles. The summed E-state index contributed by atoms with van der Waals surface area (Å²) in [6, 6.07) is -2.59. The summed E-state index contributed by atoms with van der Waals surface area (Å²) in [6.07, 6.45) is -3.36. The van der Waals surface area contributed by atoms with Crippen molar-refractivity contribution < 1.29 is 27.5 Å². The molecular weight excluding hydrogens is 301 g/mol. The van der Waals surface area contributed by atoms with Gasteiger partial charge in [0, 0.05) is 13.1 Å². The number of amides is 2. The van der Waals surface area contributed by atoms with Crippen molar-refractivity contribution in [1.29, 1.82) is 0 Å². The van der Waals surface area contributed by atoms with Crippen LogP contribution in [0.5, 0.6) is 0 Å². The van der Waals surface area contributed by atoms with Crippen LogP contribution in [0.1, 0.15) is 33.1 Å².